The third kappa shape index (κ3) is 1.60. The smallest absolute Gasteiger partial charge is 0.160 e. The Balaban J connectivity index is 2.63. The van der Waals surface area contributed by atoms with Gasteiger partial charge in [-0.25, -0.2) is 0 Å². The molecule has 1 aliphatic heterocycles. The third-order valence-electron chi connectivity index (χ3n) is 2.21. The monoisotopic (exact) mass is 178 g/mol. The molecule has 2 unspecified atom stereocenters. The molecule has 5 atom stereocenters. The largest absolute Gasteiger partial charge is 0.394 e. The molecular formula is C7H14O5. The van der Waals surface area contributed by atoms with Crippen LogP contribution in [0.5, 0.6) is 0 Å². The fourth-order valence-corrected chi connectivity index (χ4v) is 1.23. The van der Waals surface area contributed by atoms with Gasteiger partial charge < -0.3 is 25.2 Å². The van der Waals surface area contributed by atoms with Crippen molar-refractivity contribution in [3.05, 3.63) is 0 Å². The molecule has 0 saturated carbocycles. The van der Waals surface area contributed by atoms with Crippen molar-refractivity contribution in [2.45, 2.75) is 31.5 Å². The molecule has 0 aromatic rings. The zero-order valence-corrected chi connectivity index (χ0v) is 6.79. The number of aliphatic hydroxyl groups excluding tert-OH is 4. The van der Waals surface area contributed by atoms with Crippen LogP contribution in [-0.4, -0.2) is 51.6 Å². The van der Waals surface area contributed by atoms with Crippen molar-refractivity contribution >= 4 is 0 Å². The first-order valence-electron chi connectivity index (χ1n) is 3.88. The molecule has 0 spiro atoms. The fourth-order valence-electron chi connectivity index (χ4n) is 1.23. The molecule has 0 bridgehead atoms. The number of ether oxygens (including phenoxy) is 1. The molecule has 0 aromatic heterocycles. The SMILES string of the molecule is C[C@@H]1[C@H](O)OC(CO)C(O)[C@@H]1O. The summed E-state index contributed by atoms with van der Waals surface area (Å²) in [6.07, 6.45) is -4.20. The Hall–Kier alpha value is -0.200. The van der Waals surface area contributed by atoms with Gasteiger partial charge in [0.15, 0.2) is 6.29 Å². The van der Waals surface area contributed by atoms with Crippen molar-refractivity contribution in [3.8, 4) is 0 Å². The summed E-state index contributed by atoms with van der Waals surface area (Å²) in [6.45, 7) is 1.15. The molecule has 1 aliphatic rings. The summed E-state index contributed by atoms with van der Waals surface area (Å²) in [6, 6.07) is 0. The first-order valence-corrected chi connectivity index (χ1v) is 3.88. The lowest BCUT2D eigenvalue weighted by molar-refractivity contribution is -0.266. The Kier molecular flexibility index (Phi) is 3.03. The summed E-state index contributed by atoms with van der Waals surface area (Å²) >= 11 is 0. The highest BCUT2D eigenvalue weighted by atomic mass is 16.6. The van der Waals surface area contributed by atoms with Crippen LogP contribution >= 0.6 is 0 Å². The summed E-state index contributed by atoms with van der Waals surface area (Å²) in [7, 11) is 0. The van der Waals surface area contributed by atoms with Crippen molar-refractivity contribution < 1.29 is 25.2 Å². The first kappa shape index (κ1) is 9.88. The van der Waals surface area contributed by atoms with Crippen molar-refractivity contribution in [1.29, 1.82) is 0 Å². The second kappa shape index (κ2) is 3.68. The maximum absolute atomic E-state index is 9.32. The molecule has 4 N–H and O–H groups in total. The summed E-state index contributed by atoms with van der Waals surface area (Å²) in [5.74, 6) is -0.539. The maximum Gasteiger partial charge on any atom is 0.160 e. The van der Waals surface area contributed by atoms with Gasteiger partial charge in [0.25, 0.3) is 0 Å². The standard InChI is InChI=1S/C7H14O5/c1-3-5(9)6(10)4(2-8)12-7(3)11/h3-11H,2H2,1H3/t3-,4?,5+,6?,7+/m0/s1. The van der Waals surface area contributed by atoms with E-state index < -0.39 is 37.1 Å². The van der Waals surface area contributed by atoms with E-state index in [9.17, 15) is 10.2 Å². The second-order valence-corrected chi connectivity index (χ2v) is 3.09. The molecule has 0 aromatic carbocycles. The van der Waals surface area contributed by atoms with Crippen LogP contribution in [-0.2, 0) is 4.74 Å². The van der Waals surface area contributed by atoms with E-state index in [1.54, 1.807) is 6.92 Å². The highest BCUT2D eigenvalue weighted by Crippen LogP contribution is 2.23. The van der Waals surface area contributed by atoms with Gasteiger partial charge in [0.2, 0.25) is 0 Å². The minimum atomic E-state index is -1.13. The van der Waals surface area contributed by atoms with Gasteiger partial charge in [-0.1, -0.05) is 6.92 Å². The van der Waals surface area contributed by atoms with Crippen molar-refractivity contribution in [3.63, 3.8) is 0 Å². The molecule has 1 rings (SSSR count). The lowest BCUT2D eigenvalue weighted by atomic mass is 9.93. The van der Waals surface area contributed by atoms with Crippen molar-refractivity contribution in [2.75, 3.05) is 6.61 Å². The van der Waals surface area contributed by atoms with E-state index in [2.05, 4.69) is 0 Å². The molecule has 12 heavy (non-hydrogen) atoms. The van der Waals surface area contributed by atoms with E-state index in [1.807, 2.05) is 0 Å². The predicted molar refractivity (Wildman–Crippen MR) is 39.1 cm³/mol. The van der Waals surface area contributed by atoms with Crippen LogP contribution in [0.25, 0.3) is 0 Å². The van der Waals surface area contributed by atoms with E-state index in [1.165, 1.54) is 0 Å². The Morgan fingerprint density at radius 2 is 1.75 bits per heavy atom. The molecular weight excluding hydrogens is 164 g/mol. The molecule has 5 nitrogen and oxygen atoms in total. The quantitative estimate of drug-likeness (QED) is 0.375. The predicted octanol–water partition coefficient (Wildman–Crippen LogP) is -1.95. The number of aliphatic hydroxyl groups is 4. The zero-order valence-electron chi connectivity index (χ0n) is 6.79. The van der Waals surface area contributed by atoms with Gasteiger partial charge in [0.05, 0.1) is 12.7 Å². The Morgan fingerprint density at radius 3 is 2.25 bits per heavy atom. The molecule has 72 valence electrons. The van der Waals surface area contributed by atoms with Crippen LogP contribution in [0.1, 0.15) is 6.92 Å². The van der Waals surface area contributed by atoms with E-state index in [-0.39, 0.29) is 0 Å². The minimum Gasteiger partial charge on any atom is -0.394 e. The lowest BCUT2D eigenvalue weighted by Gasteiger charge is -2.38. The van der Waals surface area contributed by atoms with Crippen molar-refractivity contribution in [1.82, 2.24) is 0 Å². The molecule has 1 heterocycles. The van der Waals surface area contributed by atoms with E-state index >= 15 is 0 Å². The van der Waals surface area contributed by atoms with Gasteiger partial charge in [0, 0.05) is 5.92 Å². The van der Waals surface area contributed by atoms with Gasteiger partial charge >= 0.3 is 0 Å². The summed E-state index contributed by atoms with van der Waals surface area (Å²) < 4.78 is 4.83. The van der Waals surface area contributed by atoms with Crippen LogP contribution in [0.2, 0.25) is 0 Å². The second-order valence-electron chi connectivity index (χ2n) is 3.09. The van der Waals surface area contributed by atoms with Crippen molar-refractivity contribution in [2.24, 2.45) is 5.92 Å². The number of hydrogen-bond acceptors (Lipinski definition) is 5. The highest BCUT2D eigenvalue weighted by Gasteiger charge is 2.40. The molecule has 0 aliphatic carbocycles. The number of rotatable bonds is 1. The average molecular weight is 178 g/mol. The van der Waals surface area contributed by atoms with E-state index in [0.29, 0.717) is 0 Å². The summed E-state index contributed by atoms with van der Waals surface area (Å²) in [5, 5.41) is 36.4. The van der Waals surface area contributed by atoms with Gasteiger partial charge in [0.1, 0.15) is 12.2 Å². The van der Waals surface area contributed by atoms with E-state index in [4.69, 9.17) is 14.9 Å². The Morgan fingerprint density at radius 1 is 1.17 bits per heavy atom. The fraction of sp³-hybridized carbons (Fsp3) is 1.00. The Labute approximate surface area is 70.2 Å². The highest BCUT2D eigenvalue weighted by molar-refractivity contribution is 4.86. The van der Waals surface area contributed by atoms with Gasteiger partial charge in [-0.15, -0.1) is 0 Å². The maximum atomic E-state index is 9.32. The van der Waals surface area contributed by atoms with Crippen LogP contribution in [0.3, 0.4) is 0 Å². The molecule has 1 saturated heterocycles. The van der Waals surface area contributed by atoms with Crippen LogP contribution < -0.4 is 0 Å². The zero-order chi connectivity index (χ0) is 9.30. The van der Waals surface area contributed by atoms with Gasteiger partial charge in [-0.2, -0.15) is 0 Å². The lowest BCUT2D eigenvalue weighted by Crippen LogP contribution is -2.54. The molecule has 5 heteroatoms. The van der Waals surface area contributed by atoms with Crippen LogP contribution in [0.4, 0.5) is 0 Å². The summed E-state index contributed by atoms with van der Waals surface area (Å²) in [4.78, 5) is 0. The average Bonchev–Trinajstić information content (AvgIpc) is 2.08. The molecule has 0 radical (unpaired) electrons. The minimum absolute atomic E-state index is 0.415. The summed E-state index contributed by atoms with van der Waals surface area (Å²) in [5.41, 5.74) is 0. The normalized spacial score (nSPS) is 49.2. The topological polar surface area (TPSA) is 90.2 Å². The van der Waals surface area contributed by atoms with Crippen LogP contribution in [0, 0.1) is 5.92 Å². The molecule has 0 amide bonds. The van der Waals surface area contributed by atoms with Crippen LogP contribution in [0.15, 0.2) is 0 Å². The number of hydrogen-bond donors (Lipinski definition) is 4. The van der Waals surface area contributed by atoms with E-state index in [0.717, 1.165) is 0 Å². The molecule has 1 fully saturated rings. The first-order chi connectivity index (χ1) is 5.57. The Bertz CT molecular complexity index is 146. The van der Waals surface area contributed by atoms with Gasteiger partial charge in [-0.05, 0) is 0 Å². The van der Waals surface area contributed by atoms with Gasteiger partial charge in [-0.3, -0.25) is 0 Å². The third-order valence-corrected chi connectivity index (χ3v) is 2.21.